The number of piperidine rings is 1. The van der Waals surface area contributed by atoms with Gasteiger partial charge in [-0.2, -0.15) is 0 Å². The van der Waals surface area contributed by atoms with Crippen molar-refractivity contribution in [3.63, 3.8) is 0 Å². The first-order valence-corrected chi connectivity index (χ1v) is 12.3. The zero-order valence-corrected chi connectivity index (χ0v) is 20.3. The van der Waals surface area contributed by atoms with E-state index >= 15 is 0 Å². The van der Waals surface area contributed by atoms with Crippen LogP contribution in [0.4, 0.5) is 8.78 Å². The van der Waals surface area contributed by atoms with Crippen molar-refractivity contribution in [2.24, 2.45) is 5.92 Å². The van der Waals surface area contributed by atoms with Gasteiger partial charge in [0.15, 0.2) is 5.43 Å². The van der Waals surface area contributed by atoms with Gasteiger partial charge in [0, 0.05) is 42.0 Å². The van der Waals surface area contributed by atoms with E-state index in [2.05, 4.69) is 14.5 Å². The molecule has 0 bridgehead atoms. The SMILES string of the molecule is Cc1cn(CCC2CCN(C/C=C/c3cc(F)ccc3F)CC2)c2c(cnc3ccc(O)cc32)c1=O. The van der Waals surface area contributed by atoms with E-state index in [-0.39, 0.29) is 16.7 Å². The third-order valence-electron chi connectivity index (χ3n) is 7.17. The Balaban J connectivity index is 1.25. The molecule has 1 saturated heterocycles. The highest BCUT2D eigenvalue weighted by molar-refractivity contribution is 6.03. The number of phenolic OH excluding ortho intramolecular Hbond substituents is 1. The summed E-state index contributed by atoms with van der Waals surface area (Å²) in [5.41, 5.74) is 2.48. The molecule has 0 atom stereocenters. The molecule has 0 unspecified atom stereocenters. The van der Waals surface area contributed by atoms with E-state index in [1.807, 2.05) is 19.2 Å². The largest absolute Gasteiger partial charge is 0.508 e. The molecule has 36 heavy (non-hydrogen) atoms. The summed E-state index contributed by atoms with van der Waals surface area (Å²) in [5, 5.41) is 11.4. The van der Waals surface area contributed by atoms with Crippen molar-refractivity contribution in [2.75, 3.05) is 19.6 Å². The Kier molecular flexibility index (Phi) is 6.83. The molecule has 5 nitrogen and oxygen atoms in total. The Morgan fingerprint density at radius 1 is 1.11 bits per heavy atom. The predicted molar refractivity (Wildman–Crippen MR) is 139 cm³/mol. The van der Waals surface area contributed by atoms with Gasteiger partial charge in [0.1, 0.15) is 17.4 Å². The zero-order valence-electron chi connectivity index (χ0n) is 20.3. The van der Waals surface area contributed by atoms with Crippen molar-refractivity contribution in [2.45, 2.75) is 32.7 Å². The van der Waals surface area contributed by atoms with Gasteiger partial charge in [-0.15, -0.1) is 0 Å². The molecule has 0 spiro atoms. The molecule has 0 radical (unpaired) electrons. The first-order chi connectivity index (χ1) is 17.4. The van der Waals surface area contributed by atoms with Gasteiger partial charge >= 0.3 is 0 Å². The van der Waals surface area contributed by atoms with E-state index in [1.54, 1.807) is 30.5 Å². The third kappa shape index (κ3) is 5.02. The van der Waals surface area contributed by atoms with Gasteiger partial charge in [-0.05, 0) is 81.6 Å². The zero-order chi connectivity index (χ0) is 25.2. The third-order valence-corrected chi connectivity index (χ3v) is 7.17. The van der Waals surface area contributed by atoms with Crippen LogP contribution in [-0.4, -0.2) is 39.2 Å². The summed E-state index contributed by atoms with van der Waals surface area (Å²) in [6.45, 7) is 5.20. The highest BCUT2D eigenvalue weighted by atomic mass is 19.1. The van der Waals surface area contributed by atoms with Gasteiger partial charge in [-0.3, -0.25) is 14.7 Å². The molecule has 5 rings (SSSR count). The molecule has 1 fully saturated rings. The second kappa shape index (κ2) is 10.2. The topological polar surface area (TPSA) is 58.4 Å². The Bertz CT molecular complexity index is 1500. The average molecular weight is 490 g/mol. The molecule has 1 aliphatic rings. The number of likely N-dealkylation sites (tertiary alicyclic amines) is 1. The molecular formula is C29H29F2N3O2. The maximum atomic E-state index is 13.8. The number of fused-ring (bicyclic) bond motifs is 3. The Morgan fingerprint density at radius 3 is 2.72 bits per heavy atom. The van der Waals surface area contributed by atoms with Crippen LogP contribution in [0.2, 0.25) is 0 Å². The van der Waals surface area contributed by atoms with Gasteiger partial charge in [0.05, 0.1) is 16.4 Å². The molecule has 1 N–H and O–H groups in total. The number of halogens is 2. The van der Waals surface area contributed by atoms with Crippen LogP contribution >= 0.6 is 0 Å². The van der Waals surface area contributed by atoms with Gasteiger partial charge in [0.2, 0.25) is 0 Å². The van der Waals surface area contributed by atoms with Crippen molar-refractivity contribution in [1.29, 1.82) is 0 Å². The number of aromatic nitrogens is 2. The standard InChI is InChI=1S/C29H29F2N3O2/c1-19-18-34(28-24-16-23(35)5-7-27(24)32-17-25(28)29(19)36)14-10-20-8-12-33(13-9-20)11-2-3-21-15-22(30)4-6-26(21)31/h2-7,15-18,20,35H,8-14H2,1H3/b3-2+. The van der Waals surface area contributed by atoms with Crippen molar-refractivity contribution >= 4 is 27.9 Å². The summed E-state index contributed by atoms with van der Waals surface area (Å²) < 4.78 is 29.3. The number of rotatable bonds is 6. The number of hydrogen-bond acceptors (Lipinski definition) is 4. The molecule has 0 amide bonds. The molecule has 2 aromatic carbocycles. The number of hydrogen-bond donors (Lipinski definition) is 1. The fourth-order valence-electron chi connectivity index (χ4n) is 5.14. The number of pyridine rings is 2. The number of nitrogens with zero attached hydrogens (tertiary/aromatic N) is 3. The van der Waals surface area contributed by atoms with Crippen LogP contribution in [0.3, 0.4) is 0 Å². The second-order valence-electron chi connectivity index (χ2n) is 9.66. The van der Waals surface area contributed by atoms with Crippen LogP contribution in [0.25, 0.3) is 27.9 Å². The predicted octanol–water partition coefficient (Wildman–Crippen LogP) is 5.66. The van der Waals surface area contributed by atoms with Crippen LogP contribution in [-0.2, 0) is 6.54 Å². The minimum Gasteiger partial charge on any atom is -0.508 e. The fourth-order valence-corrected chi connectivity index (χ4v) is 5.14. The van der Waals surface area contributed by atoms with E-state index in [0.717, 1.165) is 67.4 Å². The molecular weight excluding hydrogens is 460 g/mol. The molecule has 186 valence electrons. The van der Waals surface area contributed by atoms with Crippen LogP contribution in [0.15, 0.2) is 59.7 Å². The minimum absolute atomic E-state index is 0.0292. The number of phenols is 1. The number of aryl methyl sites for hydroxylation is 2. The van der Waals surface area contributed by atoms with E-state index in [1.165, 1.54) is 6.07 Å². The summed E-state index contributed by atoms with van der Waals surface area (Å²) in [4.78, 5) is 19.6. The lowest BCUT2D eigenvalue weighted by Gasteiger charge is -2.31. The van der Waals surface area contributed by atoms with E-state index < -0.39 is 11.6 Å². The Morgan fingerprint density at radius 2 is 1.92 bits per heavy atom. The summed E-state index contributed by atoms with van der Waals surface area (Å²) in [6, 6.07) is 8.54. The molecule has 2 aromatic heterocycles. The maximum Gasteiger partial charge on any atom is 0.193 e. The van der Waals surface area contributed by atoms with Crippen molar-refractivity contribution < 1.29 is 13.9 Å². The van der Waals surface area contributed by atoms with Gasteiger partial charge in [-0.25, -0.2) is 8.78 Å². The average Bonchev–Trinajstić information content (AvgIpc) is 2.87. The van der Waals surface area contributed by atoms with Crippen molar-refractivity contribution in [3.05, 3.63) is 87.9 Å². The monoisotopic (exact) mass is 489 g/mol. The van der Waals surface area contributed by atoms with Gasteiger partial charge in [-0.1, -0.05) is 12.2 Å². The molecule has 4 aromatic rings. The summed E-state index contributed by atoms with van der Waals surface area (Å²) in [7, 11) is 0. The molecule has 1 aliphatic heterocycles. The van der Waals surface area contributed by atoms with Crippen molar-refractivity contribution in [1.82, 2.24) is 14.5 Å². The molecule has 3 heterocycles. The van der Waals surface area contributed by atoms with Crippen LogP contribution in [0.1, 0.15) is 30.4 Å². The van der Waals surface area contributed by atoms with Gasteiger partial charge in [0.25, 0.3) is 0 Å². The normalized spacial score (nSPS) is 15.4. The first kappa shape index (κ1) is 24.1. The Labute approximate surface area is 208 Å². The second-order valence-corrected chi connectivity index (χ2v) is 9.66. The van der Waals surface area contributed by atoms with Crippen molar-refractivity contribution in [3.8, 4) is 5.75 Å². The molecule has 0 saturated carbocycles. The van der Waals surface area contributed by atoms with Crippen LogP contribution in [0, 0.1) is 24.5 Å². The lowest BCUT2D eigenvalue weighted by Crippen LogP contribution is -2.34. The maximum absolute atomic E-state index is 13.8. The number of benzene rings is 2. The lowest BCUT2D eigenvalue weighted by molar-refractivity contribution is 0.191. The van der Waals surface area contributed by atoms with Crippen LogP contribution in [0.5, 0.6) is 5.75 Å². The minimum atomic E-state index is -0.441. The fraction of sp³-hybridized carbons (Fsp3) is 0.310. The van der Waals surface area contributed by atoms with Gasteiger partial charge < -0.3 is 9.67 Å². The summed E-state index contributed by atoms with van der Waals surface area (Å²) >= 11 is 0. The summed E-state index contributed by atoms with van der Waals surface area (Å²) in [6.07, 6.45) is 10.2. The highest BCUT2D eigenvalue weighted by Crippen LogP contribution is 2.27. The first-order valence-electron chi connectivity index (χ1n) is 12.3. The van der Waals surface area contributed by atoms with E-state index in [9.17, 15) is 18.7 Å². The molecule has 7 heteroatoms. The van der Waals surface area contributed by atoms with E-state index in [0.29, 0.717) is 23.4 Å². The van der Waals surface area contributed by atoms with Crippen LogP contribution < -0.4 is 5.43 Å². The number of aromatic hydroxyl groups is 1. The summed E-state index contributed by atoms with van der Waals surface area (Å²) in [5.74, 6) is -0.154. The highest BCUT2D eigenvalue weighted by Gasteiger charge is 2.19. The quantitative estimate of drug-likeness (QED) is 0.355. The molecule has 0 aliphatic carbocycles. The smallest absolute Gasteiger partial charge is 0.193 e. The van der Waals surface area contributed by atoms with E-state index in [4.69, 9.17) is 0 Å². The Hall–Kier alpha value is -3.58. The lowest BCUT2D eigenvalue weighted by atomic mass is 9.93.